The monoisotopic (exact) mass is 407 g/mol. The number of hydrogen-bond donors (Lipinski definition) is 2. The lowest BCUT2D eigenvalue weighted by molar-refractivity contribution is 0.102. The molecule has 7 heteroatoms. The SMILES string of the molecule is COc1ccc(Cl)c(-c2cccc(NC(=O)c3ccc(N)c(C#N)c3)c2)c1OC. The lowest BCUT2D eigenvalue weighted by Crippen LogP contribution is -2.12. The number of nitrogens with zero attached hydrogens (tertiary/aromatic N) is 1. The average molecular weight is 408 g/mol. The van der Waals surface area contributed by atoms with Crippen LogP contribution in [0.1, 0.15) is 15.9 Å². The molecule has 0 heterocycles. The molecule has 0 aliphatic carbocycles. The van der Waals surface area contributed by atoms with Crippen molar-refractivity contribution in [1.82, 2.24) is 0 Å². The van der Waals surface area contributed by atoms with Crippen LogP contribution in [0.2, 0.25) is 5.02 Å². The Bertz CT molecular complexity index is 1120. The molecule has 0 aliphatic heterocycles. The molecule has 3 N–H and O–H groups in total. The van der Waals surface area contributed by atoms with Crippen molar-refractivity contribution in [1.29, 1.82) is 5.26 Å². The zero-order valence-corrected chi connectivity index (χ0v) is 16.6. The summed E-state index contributed by atoms with van der Waals surface area (Å²) in [6.45, 7) is 0. The van der Waals surface area contributed by atoms with Gasteiger partial charge in [0.1, 0.15) is 6.07 Å². The van der Waals surface area contributed by atoms with Crippen molar-refractivity contribution in [3.63, 3.8) is 0 Å². The standard InChI is InChI=1S/C22H18ClN3O3/c1-28-19-9-7-17(23)20(21(19)29-2)13-4-3-5-16(11-13)26-22(27)14-6-8-18(25)15(10-14)12-24/h3-11H,25H2,1-2H3,(H,26,27). The molecule has 0 spiro atoms. The fraction of sp³-hybridized carbons (Fsp3) is 0.0909. The molecule has 0 saturated heterocycles. The predicted molar refractivity (Wildman–Crippen MR) is 114 cm³/mol. The van der Waals surface area contributed by atoms with Gasteiger partial charge in [0.15, 0.2) is 11.5 Å². The normalized spacial score (nSPS) is 10.1. The predicted octanol–water partition coefficient (Wildman–Crippen LogP) is 4.73. The molecular weight excluding hydrogens is 390 g/mol. The summed E-state index contributed by atoms with van der Waals surface area (Å²) >= 11 is 6.41. The second-order valence-corrected chi connectivity index (χ2v) is 6.51. The van der Waals surface area contributed by atoms with Crippen LogP contribution in [0.4, 0.5) is 11.4 Å². The second kappa shape index (κ2) is 8.55. The topological polar surface area (TPSA) is 97.4 Å². The van der Waals surface area contributed by atoms with Gasteiger partial charge in [0.25, 0.3) is 5.91 Å². The highest BCUT2D eigenvalue weighted by Crippen LogP contribution is 2.43. The highest BCUT2D eigenvalue weighted by molar-refractivity contribution is 6.33. The zero-order valence-electron chi connectivity index (χ0n) is 15.8. The van der Waals surface area contributed by atoms with Crippen LogP contribution in [-0.2, 0) is 0 Å². The Hall–Kier alpha value is -3.69. The number of nitrogens with one attached hydrogen (secondary N) is 1. The molecular formula is C22H18ClN3O3. The van der Waals surface area contributed by atoms with E-state index in [4.69, 9.17) is 32.1 Å². The fourth-order valence-corrected chi connectivity index (χ4v) is 3.18. The van der Waals surface area contributed by atoms with E-state index in [1.807, 2.05) is 12.1 Å². The van der Waals surface area contributed by atoms with E-state index in [2.05, 4.69) is 5.32 Å². The van der Waals surface area contributed by atoms with Crippen molar-refractivity contribution < 1.29 is 14.3 Å². The Labute approximate surface area is 173 Å². The number of rotatable bonds is 5. The molecule has 0 aromatic heterocycles. The molecule has 0 bridgehead atoms. The molecule has 0 unspecified atom stereocenters. The molecule has 3 aromatic carbocycles. The third-order valence-corrected chi connectivity index (χ3v) is 4.65. The number of carbonyl (C=O) groups is 1. The van der Waals surface area contributed by atoms with Crippen LogP contribution in [0.25, 0.3) is 11.1 Å². The summed E-state index contributed by atoms with van der Waals surface area (Å²) in [4.78, 5) is 12.6. The number of benzene rings is 3. The van der Waals surface area contributed by atoms with Gasteiger partial charge in [0, 0.05) is 22.5 Å². The Kier molecular flexibility index (Phi) is 5.91. The first-order chi connectivity index (χ1) is 14.0. The van der Waals surface area contributed by atoms with Gasteiger partial charge >= 0.3 is 0 Å². The summed E-state index contributed by atoms with van der Waals surface area (Å²) < 4.78 is 10.8. The summed E-state index contributed by atoms with van der Waals surface area (Å²) in [7, 11) is 3.09. The maximum absolute atomic E-state index is 12.6. The van der Waals surface area contributed by atoms with Gasteiger partial charge in [-0.15, -0.1) is 0 Å². The molecule has 0 radical (unpaired) electrons. The second-order valence-electron chi connectivity index (χ2n) is 6.11. The third-order valence-electron chi connectivity index (χ3n) is 4.34. The highest BCUT2D eigenvalue weighted by atomic mass is 35.5. The molecule has 1 amide bonds. The van der Waals surface area contributed by atoms with E-state index in [0.717, 1.165) is 5.56 Å². The molecule has 6 nitrogen and oxygen atoms in total. The van der Waals surface area contributed by atoms with E-state index in [0.29, 0.717) is 39.0 Å². The number of hydrogen-bond acceptors (Lipinski definition) is 5. The van der Waals surface area contributed by atoms with Crippen LogP contribution in [0, 0.1) is 11.3 Å². The van der Waals surface area contributed by atoms with Crippen molar-refractivity contribution in [2.75, 3.05) is 25.3 Å². The first-order valence-electron chi connectivity index (χ1n) is 8.60. The third kappa shape index (κ3) is 4.10. The van der Waals surface area contributed by atoms with E-state index in [9.17, 15) is 4.79 Å². The van der Waals surface area contributed by atoms with Gasteiger partial charge in [0.05, 0.1) is 24.8 Å². The van der Waals surface area contributed by atoms with Crippen LogP contribution in [0.3, 0.4) is 0 Å². The van der Waals surface area contributed by atoms with Crippen molar-refractivity contribution in [2.45, 2.75) is 0 Å². The molecule has 3 aromatic rings. The molecule has 146 valence electrons. The van der Waals surface area contributed by atoms with E-state index in [-0.39, 0.29) is 11.5 Å². The van der Waals surface area contributed by atoms with Crippen LogP contribution in [0.5, 0.6) is 11.5 Å². The maximum Gasteiger partial charge on any atom is 0.255 e. The van der Waals surface area contributed by atoms with Crippen LogP contribution in [-0.4, -0.2) is 20.1 Å². The first-order valence-corrected chi connectivity index (χ1v) is 8.98. The van der Waals surface area contributed by atoms with E-state index in [1.165, 1.54) is 19.2 Å². The first kappa shape index (κ1) is 20.1. The molecule has 29 heavy (non-hydrogen) atoms. The average Bonchev–Trinajstić information content (AvgIpc) is 2.73. The number of nitriles is 1. The van der Waals surface area contributed by atoms with Gasteiger partial charge in [0.2, 0.25) is 0 Å². The summed E-state index contributed by atoms with van der Waals surface area (Å²) in [6, 6.07) is 17.2. The van der Waals surface area contributed by atoms with E-state index >= 15 is 0 Å². The van der Waals surface area contributed by atoms with Crippen LogP contribution < -0.4 is 20.5 Å². The summed E-state index contributed by atoms with van der Waals surface area (Å²) in [5.74, 6) is 0.690. The number of anilines is 2. The zero-order chi connectivity index (χ0) is 21.0. The number of halogens is 1. The number of ether oxygens (including phenoxy) is 2. The number of nitrogens with two attached hydrogens (primary N) is 1. The Morgan fingerprint density at radius 2 is 1.90 bits per heavy atom. The minimum Gasteiger partial charge on any atom is -0.493 e. The summed E-state index contributed by atoms with van der Waals surface area (Å²) in [5.41, 5.74) is 8.58. The maximum atomic E-state index is 12.6. The molecule has 0 saturated carbocycles. The number of methoxy groups -OCH3 is 2. The fourth-order valence-electron chi connectivity index (χ4n) is 2.92. The minimum absolute atomic E-state index is 0.249. The van der Waals surface area contributed by atoms with Gasteiger partial charge in [-0.2, -0.15) is 5.26 Å². The quantitative estimate of drug-likeness (QED) is 0.596. The minimum atomic E-state index is -0.359. The van der Waals surface area contributed by atoms with Gasteiger partial charge in [-0.25, -0.2) is 0 Å². The van der Waals surface area contributed by atoms with Gasteiger partial charge < -0.3 is 20.5 Å². The number of nitrogen functional groups attached to an aromatic ring is 1. The number of amides is 1. The van der Waals surface area contributed by atoms with Crippen molar-refractivity contribution in [3.8, 4) is 28.7 Å². The molecule has 0 atom stereocenters. The smallest absolute Gasteiger partial charge is 0.255 e. The Balaban J connectivity index is 1.96. The van der Waals surface area contributed by atoms with E-state index in [1.54, 1.807) is 43.5 Å². The van der Waals surface area contributed by atoms with Gasteiger partial charge in [-0.1, -0.05) is 23.7 Å². The molecule has 0 fully saturated rings. The van der Waals surface area contributed by atoms with Crippen LogP contribution >= 0.6 is 11.6 Å². The molecule has 0 aliphatic rings. The van der Waals surface area contributed by atoms with E-state index < -0.39 is 0 Å². The lowest BCUT2D eigenvalue weighted by Gasteiger charge is -2.15. The Morgan fingerprint density at radius 1 is 1.10 bits per heavy atom. The largest absolute Gasteiger partial charge is 0.493 e. The highest BCUT2D eigenvalue weighted by Gasteiger charge is 2.17. The lowest BCUT2D eigenvalue weighted by atomic mass is 10.0. The van der Waals surface area contributed by atoms with Crippen LogP contribution in [0.15, 0.2) is 54.6 Å². The Morgan fingerprint density at radius 3 is 2.59 bits per heavy atom. The van der Waals surface area contributed by atoms with Crippen molar-refractivity contribution in [3.05, 3.63) is 70.7 Å². The summed E-state index contributed by atoms with van der Waals surface area (Å²) in [6.07, 6.45) is 0. The molecule has 3 rings (SSSR count). The van der Waals surface area contributed by atoms with Crippen molar-refractivity contribution in [2.24, 2.45) is 0 Å². The van der Waals surface area contributed by atoms with Crippen molar-refractivity contribution >= 4 is 28.9 Å². The van der Waals surface area contributed by atoms with Gasteiger partial charge in [-0.3, -0.25) is 4.79 Å². The van der Waals surface area contributed by atoms with Gasteiger partial charge in [-0.05, 0) is 48.0 Å². The number of carbonyl (C=O) groups excluding carboxylic acids is 1. The summed E-state index contributed by atoms with van der Waals surface area (Å²) in [5, 5.41) is 12.4.